The molecule has 0 saturated heterocycles. The van der Waals surface area contributed by atoms with Crippen molar-refractivity contribution in [3.05, 3.63) is 0 Å². The van der Waals surface area contributed by atoms with Gasteiger partial charge in [0.25, 0.3) is 0 Å². The molecule has 0 nitrogen and oxygen atoms in total. The predicted molar refractivity (Wildman–Crippen MR) is 48.7 cm³/mol. The molecule has 0 saturated carbocycles. The maximum absolute atomic E-state index is 2.30. The Hall–Kier alpha value is 0.623. The van der Waals surface area contributed by atoms with Crippen LogP contribution in [0.2, 0.25) is 10.0 Å². The molecule has 0 rings (SSSR count). The van der Waals surface area contributed by atoms with Gasteiger partial charge < -0.3 is 0 Å². The van der Waals surface area contributed by atoms with Gasteiger partial charge in [-0.05, 0) is 0 Å². The van der Waals surface area contributed by atoms with E-state index in [4.69, 9.17) is 0 Å². The van der Waals surface area contributed by atoms with Gasteiger partial charge in [0.05, 0.1) is 0 Å². The Kier molecular flexibility index (Phi) is 11.2. The van der Waals surface area contributed by atoms with Crippen LogP contribution < -0.4 is 0 Å². The average Bonchev–Trinajstić information content (AvgIpc) is 2.03. The number of unbranched alkanes of at least 4 members (excludes halogenated alkanes) is 4. The van der Waals surface area contributed by atoms with Crippen molar-refractivity contribution < 1.29 is 17.1 Å². The Balaban J connectivity index is 2.69. The van der Waals surface area contributed by atoms with Gasteiger partial charge in [-0.1, -0.05) is 0 Å². The molecule has 0 N–H and O–H groups in total. The first-order valence-electron chi connectivity index (χ1n) is 5.41. The minimum absolute atomic E-state index is 0.0149. The molecule has 0 aliphatic carbocycles. The Morgan fingerprint density at radius 3 is 1.55 bits per heavy atom. The zero-order valence-corrected chi connectivity index (χ0v) is 11.3. The van der Waals surface area contributed by atoms with Crippen molar-refractivity contribution in [2.75, 3.05) is 0 Å². The summed E-state index contributed by atoms with van der Waals surface area (Å²) in [5.74, 6) is 0. The number of hydrogen-bond donors (Lipinski definition) is 0. The summed E-state index contributed by atoms with van der Waals surface area (Å²) in [6.45, 7) is 4.59. The van der Waals surface area contributed by atoms with E-state index in [0.717, 1.165) is 0 Å². The normalized spacial score (nSPS) is 9.64. The molecule has 0 atom stereocenters. The number of hydrogen-bond acceptors (Lipinski definition) is 0. The van der Waals surface area contributed by atoms with Crippen molar-refractivity contribution in [1.82, 2.24) is 0 Å². The molecule has 64 valence electrons. The van der Waals surface area contributed by atoms with Crippen molar-refractivity contribution in [3.63, 3.8) is 0 Å². The fourth-order valence-electron chi connectivity index (χ4n) is 1.38. The third kappa shape index (κ3) is 10.6. The van der Waals surface area contributed by atoms with Crippen molar-refractivity contribution in [3.8, 4) is 0 Å². The third-order valence-corrected chi connectivity index (χ3v) is 6.40. The second-order valence-corrected chi connectivity index (χ2v) is 7.93. The van der Waals surface area contributed by atoms with Gasteiger partial charge in [0.2, 0.25) is 0 Å². The topological polar surface area (TPSA) is 0 Å². The number of rotatable bonds is 8. The molecule has 0 aromatic heterocycles. The van der Waals surface area contributed by atoms with Crippen LogP contribution in [0.25, 0.3) is 0 Å². The van der Waals surface area contributed by atoms with Crippen LogP contribution in [-0.4, -0.2) is 0 Å². The maximum atomic E-state index is 2.30. The van der Waals surface area contributed by atoms with Gasteiger partial charge in [0.1, 0.15) is 0 Å². The fourth-order valence-corrected chi connectivity index (χ4v) is 5.09. The molecule has 0 aliphatic rings. The van der Waals surface area contributed by atoms with E-state index >= 15 is 0 Å². The molecule has 1 heteroatoms. The first kappa shape index (κ1) is 11.6. The summed E-state index contributed by atoms with van der Waals surface area (Å²) in [4.78, 5) is 0. The summed E-state index contributed by atoms with van der Waals surface area (Å²) in [5, 5.41) is 3.31. The molecule has 0 aromatic rings. The van der Waals surface area contributed by atoms with E-state index in [1.54, 1.807) is 22.9 Å². The Morgan fingerprint density at radius 2 is 1.18 bits per heavy atom. The Morgan fingerprint density at radius 1 is 0.727 bits per heavy atom. The predicted octanol–water partition coefficient (Wildman–Crippen LogP) is 4.29. The van der Waals surface area contributed by atoms with Crippen LogP contribution in [0, 0.1) is 0 Å². The summed E-state index contributed by atoms with van der Waals surface area (Å²) in [5.41, 5.74) is 0. The molecule has 0 heterocycles. The average molecular weight is 208 g/mol. The van der Waals surface area contributed by atoms with E-state index in [9.17, 15) is 0 Å². The molecular formula is C10H22Zn. The van der Waals surface area contributed by atoms with Crippen LogP contribution in [-0.2, 0) is 17.1 Å². The van der Waals surface area contributed by atoms with E-state index in [1.165, 1.54) is 25.7 Å². The van der Waals surface area contributed by atoms with Gasteiger partial charge in [0, 0.05) is 0 Å². The standard InChI is InChI=1S/2C5H11.Zn/c2*1-3-5-4-2;/h2*1,3-5H2,2H3;. The van der Waals surface area contributed by atoms with E-state index in [0.29, 0.717) is 0 Å². The summed E-state index contributed by atoms with van der Waals surface area (Å²) in [7, 11) is 0. The van der Waals surface area contributed by atoms with Crippen LogP contribution in [0.5, 0.6) is 0 Å². The van der Waals surface area contributed by atoms with Crippen LogP contribution >= 0.6 is 0 Å². The SMILES string of the molecule is CCCC[CH2][Zn][CH2]CCCC. The molecule has 0 spiro atoms. The second kappa shape index (κ2) is 10.6. The van der Waals surface area contributed by atoms with E-state index in [1.807, 2.05) is 0 Å². The zero-order valence-electron chi connectivity index (χ0n) is 8.36. The van der Waals surface area contributed by atoms with Crippen molar-refractivity contribution in [1.29, 1.82) is 0 Å². The second-order valence-electron chi connectivity index (χ2n) is 3.47. The Labute approximate surface area is 79.7 Å². The van der Waals surface area contributed by atoms with Gasteiger partial charge in [-0.25, -0.2) is 0 Å². The summed E-state index contributed by atoms with van der Waals surface area (Å²) < 4.78 is 0. The van der Waals surface area contributed by atoms with Crippen molar-refractivity contribution in [2.24, 2.45) is 0 Å². The monoisotopic (exact) mass is 206 g/mol. The summed E-state index contributed by atoms with van der Waals surface area (Å²) in [6, 6.07) is 0. The van der Waals surface area contributed by atoms with E-state index in [2.05, 4.69) is 13.8 Å². The minimum atomic E-state index is -0.0149. The van der Waals surface area contributed by atoms with Gasteiger partial charge in [-0.2, -0.15) is 0 Å². The molecule has 0 fully saturated rings. The van der Waals surface area contributed by atoms with Gasteiger partial charge in [-0.3, -0.25) is 0 Å². The first-order valence-corrected chi connectivity index (χ1v) is 9.61. The van der Waals surface area contributed by atoms with Crippen LogP contribution in [0.15, 0.2) is 0 Å². The van der Waals surface area contributed by atoms with Crippen LogP contribution in [0.3, 0.4) is 0 Å². The van der Waals surface area contributed by atoms with E-state index in [-0.39, 0.29) is 17.1 Å². The third-order valence-electron chi connectivity index (χ3n) is 2.21. The Bertz CT molecular complexity index is 53.9. The van der Waals surface area contributed by atoms with Gasteiger partial charge in [-0.15, -0.1) is 0 Å². The van der Waals surface area contributed by atoms with Crippen LogP contribution in [0.1, 0.15) is 52.4 Å². The zero-order chi connectivity index (χ0) is 8.36. The van der Waals surface area contributed by atoms with Gasteiger partial charge in [0.15, 0.2) is 0 Å². The molecule has 0 radical (unpaired) electrons. The summed E-state index contributed by atoms with van der Waals surface area (Å²) in [6.07, 6.45) is 8.86. The molecule has 0 aromatic carbocycles. The molecule has 11 heavy (non-hydrogen) atoms. The molecule has 0 unspecified atom stereocenters. The van der Waals surface area contributed by atoms with E-state index < -0.39 is 0 Å². The van der Waals surface area contributed by atoms with Crippen LogP contribution in [0.4, 0.5) is 0 Å². The van der Waals surface area contributed by atoms with Gasteiger partial charge >= 0.3 is 79.5 Å². The summed E-state index contributed by atoms with van der Waals surface area (Å²) >= 11 is -0.0149. The molecule has 0 amide bonds. The first-order chi connectivity index (χ1) is 5.41. The fraction of sp³-hybridized carbons (Fsp3) is 1.00. The molecule has 0 aliphatic heterocycles. The quantitative estimate of drug-likeness (QED) is 0.412. The molecular weight excluding hydrogens is 185 g/mol. The van der Waals surface area contributed by atoms with Crippen molar-refractivity contribution >= 4 is 0 Å². The van der Waals surface area contributed by atoms with Crippen molar-refractivity contribution in [2.45, 2.75) is 62.4 Å². The molecule has 0 bridgehead atoms.